The van der Waals surface area contributed by atoms with Gasteiger partial charge in [-0.25, -0.2) is 5.32 Å². The Morgan fingerprint density at radius 1 is 0.619 bits per heavy atom. The minimum absolute atomic E-state index is 0.593. The van der Waals surface area contributed by atoms with Crippen LogP contribution in [-0.4, -0.2) is 0 Å². The van der Waals surface area contributed by atoms with Crippen molar-refractivity contribution in [2.45, 2.75) is 52.6 Å². The zero-order valence-corrected chi connectivity index (χ0v) is 13.6. The Balaban J connectivity index is 1.83. The lowest BCUT2D eigenvalue weighted by molar-refractivity contribution is 0.675. The highest BCUT2D eigenvalue weighted by Gasteiger charge is 2.01. The molecule has 0 aliphatic carbocycles. The molecule has 0 atom stereocenters. The lowest BCUT2D eigenvalue weighted by Gasteiger charge is -2.08. The highest BCUT2D eigenvalue weighted by Crippen LogP contribution is 2.16. The van der Waals surface area contributed by atoms with E-state index in [0.717, 1.165) is 13.1 Å². The molecule has 0 amide bonds. The molecule has 0 N–H and O–H groups in total. The summed E-state index contributed by atoms with van der Waals surface area (Å²) in [5.41, 5.74) is 5.36. The van der Waals surface area contributed by atoms with Crippen molar-refractivity contribution in [3.63, 3.8) is 0 Å². The summed E-state index contributed by atoms with van der Waals surface area (Å²) in [6.45, 7) is 10.5. The van der Waals surface area contributed by atoms with Gasteiger partial charge in [0, 0.05) is 13.1 Å². The topological polar surface area (TPSA) is 14.1 Å². The first-order valence-electron chi connectivity index (χ1n) is 7.87. The van der Waals surface area contributed by atoms with E-state index < -0.39 is 0 Å². The van der Waals surface area contributed by atoms with Gasteiger partial charge in [-0.05, 0) is 34.1 Å². The fraction of sp³-hybridized carbons (Fsp3) is 0.400. The number of nitrogens with zero attached hydrogens (tertiary/aromatic N) is 1. The summed E-state index contributed by atoms with van der Waals surface area (Å²) in [5.74, 6) is 1.19. The molecule has 2 aromatic carbocycles. The van der Waals surface area contributed by atoms with E-state index in [1.165, 1.54) is 22.3 Å². The van der Waals surface area contributed by atoms with E-state index >= 15 is 0 Å². The maximum absolute atomic E-state index is 4.66. The van der Waals surface area contributed by atoms with Crippen LogP contribution in [-0.2, 0) is 13.1 Å². The zero-order chi connectivity index (χ0) is 15.2. The van der Waals surface area contributed by atoms with Crippen LogP contribution in [0.15, 0.2) is 48.5 Å². The number of benzene rings is 2. The van der Waals surface area contributed by atoms with Gasteiger partial charge in [0.25, 0.3) is 0 Å². The lowest BCUT2D eigenvalue weighted by atomic mass is 10.0. The molecule has 2 aromatic rings. The van der Waals surface area contributed by atoms with Crippen LogP contribution in [0.5, 0.6) is 0 Å². The summed E-state index contributed by atoms with van der Waals surface area (Å²) in [7, 11) is 0. The summed E-state index contributed by atoms with van der Waals surface area (Å²) in [6.07, 6.45) is 0. The highest BCUT2D eigenvalue weighted by atomic mass is 14.8. The van der Waals surface area contributed by atoms with E-state index in [1.54, 1.807) is 0 Å². The van der Waals surface area contributed by atoms with Crippen LogP contribution in [0.1, 0.15) is 61.8 Å². The third-order valence-corrected chi connectivity index (χ3v) is 3.88. The molecule has 0 saturated carbocycles. The molecule has 0 aromatic heterocycles. The molecule has 0 fully saturated rings. The van der Waals surface area contributed by atoms with Crippen molar-refractivity contribution >= 4 is 0 Å². The summed E-state index contributed by atoms with van der Waals surface area (Å²) >= 11 is 0. The van der Waals surface area contributed by atoms with Gasteiger partial charge in [0.15, 0.2) is 0 Å². The number of rotatable bonds is 6. The standard InChI is InChI=1S/C20H26N/c1-15(2)19-9-5-17(6-10-19)13-21-14-18-7-11-20(12-8-18)16(3)4/h5-12,15-16H,13-14H2,1-4H3. The predicted octanol–water partition coefficient (Wildman–Crippen LogP) is 5.24. The monoisotopic (exact) mass is 280 g/mol. The molecule has 1 radical (unpaired) electrons. The molecule has 2 rings (SSSR count). The van der Waals surface area contributed by atoms with Gasteiger partial charge in [-0.2, -0.15) is 0 Å². The second-order valence-electron chi connectivity index (χ2n) is 6.33. The van der Waals surface area contributed by atoms with Crippen LogP contribution in [0.3, 0.4) is 0 Å². The largest absolute Gasteiger partial charge is 0.232 e. The molecule has 0 saturated heterocycles. The van der Waals surface area contributed by atoms with Crippen molar-refractivity contribution in [1.29, 1.82) is 0 Å². The Hall–Kier alpha value is -1.60. The Morgan fingerprint density at radius 3 is 1.24 bits per heavy atom. The molecule has 1 nitrogen and oxygen atoms in total. The smallest absolute Gasteiger partial charge is 0.0388 e. The molecule has 1 heteroatoms. The maximum Gasteiger partial charge on any atom is 0.0388 e. The van der Waals surface area contributed by atoms with Crippen molar-refractivity contribution in [3.05, 3.63) is 70.8 Å². The third-order valence-electron chi connectivity index (χ3n) is 3.88. The van der Waals surface area contributed by atoms with Gasteiger partial charge in [0.2, 0.25) is 0 Å². The normalized spacial score (nSPS) is 11.3. The molecule has 0 bridgehead atoms. The number of hydrogen-bond acceptors (Lipinski definition) is 0. The Bertz CT molecular complexity index is 484. The van der Waals surface area contributed by atoms with Crippen molar-refractivity contribution < 1.29 is 0 Å². The number of hydrogen-bond donors (Lipinski definition) is 0. The minimum Gasteiger partial charge on any atom is -0.232 e. The molecule has 0 aliphatic heterocycles. The Morgan fingerprint density at radius 2 is 0.952 bits per heavy atom. The van der Waals surface area contributed by atoms with Crippen LogP contribution in [0.2, 0.25) is 0 Å². The maximum atomic E-state index is 4.66. The van der Waals surface area contributed by atoms with Gasteiger partial charge in [-0.3, -0.25) is 0 Å². The van der Waals surface area contributed by atoms with Crippen molar-refractivity contribution in [3.8, 4) is 0 Å². The van der Waals surface area contributed by atoms with Crippen molar-refractivity contribution in [2.24, 2.45) is 0 Å². The van der Waals surface area contributed by atoms with E-state index in [2.05, 4.69) is 81.5 Å². The fourth-order valence-corrected chi connectivity index (χ4v) is 2.33. The first kappa shape index (κ1) is 15.8. The quantitative estimate of drug-likeness (QED) is 0.687. The molecule has 0 aliphatic rings. The Labute approximate surface area is 129 Å². The van der Waals surface area contributed by atoms with E-state index in [9.17, 15) is 0 Å². The van der Waals surface area contributed by atoms with Gasteiger partial charge < -0.3 is 0 Å². The second-order valence-corrected chi connectivity index (χ2v) is 6.33. The van der Waals surface area contributed by atoms with Gasteiger partial charge in [-0.15, -0.1) is 0 Å². The van der Waals surface area contributed by atoms with Gasteiger partial charge in [-0.1, -0.05) is 76.2 Å². The average Bonchev–Trinajstić information content (AvgIpc) is 2.48. The van der Waals surface area contributed by atoms with E-state index in [-0.39, 0.29) is 0 Å². The van der Waals surface area contributed by atoms with E-state index in [0.29, 0.717) is 11.8 Å². The van der Waals surface area contributed by atoms with Gasteiger partial charge >= 0.3 is 0 Å². The second kappa shape index (κ2) is 7.42. The summed E-state index contributed by atoms with van der Waals surface area (Å²) < 4.78 is 0. The van der Waals surface area contributed by atoms with E-state index in [1.807, 2.05) is 0 Å². The molecule has 0 unspecified atom stereocenters. The average molecular weight is 280 g/mol. The van der Waals surface area contributed by atoms with Crippen molar-refractivity contribution in [1.82, 2.24) is 5.32 Å². The lowest BCUT2D eigenvalue weighted by Crippen LogP contribution is -2.05. The van der Waals surface area contributed by atoms with Crippen LogP contribution < -0.4 is 5.32 Å². The first-order valence-corrected chi connectivity index (χ1v) is 7.87. The van der Waals surface area contributed by atoms with Gasteiger partial charge in [0.05, 0.1) is 0 Å². The molecule has 0 heterocycles. The predicted molar refractivity (Wildman–Crippen MR) is 90.6 cm³/mol. The first-order chi connectivity index (χ1) is 10.1. The molecule has 21 heavy (non-hydrogen) atoms. The van der Waals surface area contributed by atoms with Crippen LogP contribution >= 0.6 is 0 Å². The summed E-state index contributed by atoms with van der Waals surface area (Å²) in [6, 6.07) is 17.6. The summed E-state index contributed by atoms with van der Waals surface area (Å²) in [5, 5.41) is 4.66. The molecular formula is C20H26N. The summed E-state index contributed by atoms with van der Waals surface area (Å²) in [4.78, 5) is 0. The highest BCUT2D eigenvalue weighted by molar-refractivity contribution is 5.26. The molecule has 0 spiro atoms. The van der Waals surface area contributed by atoms with Crippen LogP contribution in [0.25, 0.3) is 0 Å². The van der Waals surface area contributed by atoms with Crippen LogP contribution in [0.4, 0.5) is 0 Å². The minimum atomic E-state index is 0.593. The third kappa shape index (κ3) is 4.71. The zero-order valence-electron chi connectivity index (χ0n) is 13.6. The van der Waals surface area contributed by atoms with Crippen LogP contribution in [0, 0.1) is 0 Å². The van der Waals surface area contributed by atoms with E-state index in [4.69, 9.17) is 0 Å². The molecular weight excluding hydrogens is 254 g/mol. The molecule has 111 valence electrons. The Kier molecular flexibility index (Phi) is 5.58. The van der Waals surface area contributed by atoms with Crippen molar-refractivity contribution in [2.75, 3.05) is 0 Å². The van der Waals surface area contributed by atoms with Gasteiger partial charge in [0.1, 0.15) is 0 Å². The fourth-order valence-electron chi connectivity index (χ4n) is 2.33. The SMILES string of the molecule is CC(C)c1ccc(C[N]Cc2ccc(C(C)C)cc2)cc1.